The first kappa shape index (κ1) is 27.4. The van der Waals surface area contributed by atoms with Crippen molar-refractivity contribution in [2.24, 2.45) is 11.7 Å². The standard InChI is InChI=1S/C26H27F7N2O2/c1-13(15-9-16(25(28,29)30)11-17(10-15)26(31,32)33)37-21-8-7-19(20-12-24(2,34)23(36)35-20)22(21)14-3-5-18(27)6-4-14/h3-6,9-11,13,19-22H,7-8,12,34H2,1-2H3,(H,35,36)/t13?,19-,20+,21-,22-,24+/m0/s1. The van der Waals surface area contributed by atoms with Crippen LogP contribution >= 0.6 is 0 Å². The van der Waals surface area contributed by atoms with Gasteiger partial charge in [-0.1, -0.05) is 12.1 Å². The molecular weight excluding hydrogens is 505 g/mol. The first-order valence-corrected chi connectivity index (χ1v) is 11.9. The fourth-order valence-corrected chi connectivity index (χ4v) is 5.49. The number of amides is 1. The molecule has 2 fully saturated rings. The summed E-state index contributed by atoms with van der Waals surface area (Å²) in [7, 11) is 0. The summed E-state index contributed by atoms with van der Waals surface area (Å²) in [6, 6.07) is 6.78. The first-order chi connectivity index (χ1) is 17.1. The minimum atomic E-state index is -4.97. The lowest BCUT2D eigenvalue weighted by Crippen LogP contribution is -2.43. The van der Waals surface area contributed by atoms with Gasteiger partial charge in [-0.15, -0.1) is 0 Å². The molecule has 1 aliphatic carbocycles. The van der Waals surface area contributed by atoms with Gasteiger partial charge in [0, 0.05) is 12.0 Å². The predicted molar refractivity (Wildman–Crippen MR) is 121 cm³/mol. The average Bonchev–Trinajstić information content (AvgIpc) is 3.32. The number of nitrogens with one attached hydrogen (secondary N) is 1. The molecule has 0 spiro atoms. The molecule has 1 heterocycles. The van der Waals surface area contributed by atoms with Gasteiger partial charge >= 0.3 is 12.4 Å². The number of ether oxygens (including phenoxy) is 1. The number of benzene rings is 2. The molecule has 0 aromatic heterocycles. The number of hydrogen-bond acceptors (Lipinski definition) is 3. The SMILES string of the molecule is CC(O[C@H]1CC[C@@H]([C@H]2C[C@@](C)(N)C(=O)N2)[C@@H]1c1ccc(F)cc1)c1cc(C(F)(F)F)cc(C(F)(F)F)c1. The van der Waals surface area contributed by atoms with Gasteiger partial charge in [-0.2, -0.15) is 26.3 Å². The molecule has 2 aliphatic rings. The zero-order valence-electron chi connectivity index (χ0n) is 20.1. The van der Waals surface area contributed by atoms with Gasteiger partial charge in [-0.05, 0) is 80.5 Å². The Morgan fingerprint density at radius 3 is 2.05 bits per heavy atom. The van der Waals surface area contributed by atoms with E-state index in [0.29, 0.717) is 37.0 Å². The van der Waals surface area contributed by atoms with Crippen LogP contribution in [0.1, 0.15) is 67.4 Å². The van der Waals surface area contributed by atoms with E-state index in [1.165, 1.54) is 19.1 Å². The number of carbonyl (C=O) groups is 1. The molecule has 6 atom stereocenters. The van der Waals surface area contributed by atoms with E-state index in [2.05, 4.69) is 5.32 Å². The summed E-state index contributed by atoms with van der Waals surface area (Å²) < 4.78 is 99.9. The third kappa shape index (κ3) is 5.77. The Kier molecular flexibility index (Phi) is 7.09. The second-order valence-corrected chi connectivity index (χ2v) is 10.2. The Hall–Kier alpha value is -2.66. The molecule has 1 amide bonds. The Bertz CT molecular complexity index is 1110. The molecule has 0 radical (unpaired) electrons. The van der Waals surface area contributed by atoms with E-state index < -0.39 is 53.0 Å². The zero-order chi connectivity index (χ0) is 27.3. The van der Waals surface area contributed by atoms with E-state index >= 15 is 0 Å². The third-order valence-corrected chi connectivity index (χ3v) is 7.36. The Labute approximate surface area is 209 Å². The summed E-state index contributed by atoms with van der Waals surface area (Å²) in [5.74, 6) is -1.34. The van der Waals surface area contributed by atoms with E-state index in [9.17, 15) is 35.5 Å². The highest BCUT2D eigenvalue weighted by Gasteiger charge is 2.49. The Morgan fingerprint density at radius 2 is 1.57 bits per heavy atom. The van der Waals surface area contributed by atoms with Crippen LogP contribution in [0.25, 0.3) is 0 Å². The fraction of sp³-hybridized carbons (Fsp3) is 0.500. The summed E-state index contributed by atoms with van der Waals surface area (Å²) >= 11 is 0. The highest BCUT2D eigenvalue weighted by atomic mass is 19.4. The van der Waals surface area contributed by atoms with E-state index in [1.54, 1.807) is 19.1 Å². The number of rotatable bonds is 5. The van der Waals surface area contributed by atoms with E-state index in [-0.39, 0.29) is 29.5 Å². The van der Waals surface area contributed by atoms with Crippen molar-refractivity contribution in [2.75, 3.05) is 0 Å². The Morgan fingerprint density at radius 1 is 1.00 bits per heavy atom. The summed E-state index contributed by atoms with van der Waals surface area (Å²) in [6.45, 7) is 3.02. The molecule has 1 saturated heterocycles. The molecule has 2 aromatic rings. The molecule has 1 aliphatic heterocycles. The van der Waals surface area contributed by atoms with E-state index in [0.717, 1.165) is 0 Å². The van der Waals surface area contributed by atoms with Crippen LogP contribution in [0.15, 0.2) is 42.5 Å². The van der Waals surface area contributed by atoms with Gasteiger partial charge in [0.15, 0.2) is 0 Å². The smallest absolute Gasteiger partial charge is 0.370 e. The first-order valence-electron chi connectivity index (χ1n) is 11.9. The lowest BCUT2D eigenvalue weighted by atomic mass is 9.81. The highest BCUT2D eigenvalue weighted by Crippen LogP contribution is 2.47. The molecule has 1 unspecified atom stereocenters. The van der Waals surface area contributed by atoms with Crippen LogP contribution in [-0.2, 0) is 21.9 Å². The minimum Gasteiger partial charge on any atom is -0.370 e. The van der Waals surface area contributed by atoms with Crippen molar-refractivity contribution in [2.45, 2.75) is 75.2 Å². The molecule has 3 N–H and O–H groups in total. The highest BCUT2D eigenvalue weighted by molar-refractivity contribution is 5.88. The number of alkyl halides is 6. The number of nitrogens with two attached hydrogens (primary N) is 1. The van der Waals surface area contributed by atoms with Crippen molar-refractivity contribution < 1.29 is 40.3 Å². The molecule has 1 saturated carbocycles. The van der Waals surface area contributed by atoms with Crippen LogP contribution in [0.3, 0.4) is 0 Å². The van der Waals surface area contributed by atoms with Crippen molar-refractivity contribution in [3.8, 4) is 0 Å². The summed E-state index contributed by atoms with van der Waals surface area (Å²) in [5.41, 5.74) is 2.63. The second kappa shape index (κ2) is 9.58. The van der Waals surface area contributed by atoms with Gasteiger partial charge in [-0.3, -0.25) is 4.79 Å². The minimum absolute atomic E-state index is 0.0791. The van der Waals surface area contributed by atoms with Crippen LogP contribution in [0, 0.1) is 11.7 Å². The molecule has 0 bridgehead atoms. The van der Waals surface area contributed by atoms with Crippen molar-refractivity contribution in [3.05, 3.63) is 70.5 Å². The van der Waals surface area contributed by atoms with Gasteiger partial charge in [0.05, 0.1) is 28.9 Å². The lowest BCUT2D eigenvalue weighted by Gasteiger charge is -2.31. The van der Waals surface area contributed by atoms with Crippen molar-refractivity contribution >= 4 is 5.91 Å². The van der Waals surface area contributed by atoms with Gasteiger partial charge < -0.3 is 15.8 Å². The van der Waals surface area contributed by atoms with Crippen LogP contribution in [0.2, 0.25) is 0 Å². The maximum absolute atomic E-state index is 13.6. The van der Waals surface area contributed by atoms with E-state index in [4.69, 9.17) is 10.5 Å². The maximum Gasteiger partial charge on any atom is 0.416 e. The van der Waals surface area contributed by atoms with Crippen LogP contribution in [-0.4, -0.2) is 23.6 Å². The molecule has 2 aromatic carbocycles. The number of halogens is 7. The van der Waals surface area contributed by atoms with Gasteiger partial charge in [-0.25, -0.2) is 4.39 Å². The van der Waals surface area contributed by atoms with Crippen molar-refractivity contribution in [3.63, 3.8) is 0 Å². The molecule has 37 heavy (non-hydrogen) atoms. The molecule has 4 rings (SSSR count). The normalized spacial score (nSPS) is 29.4. The second-order valence-electron chi connectivity index (χ2n) is 10.2. The van der Waals surface area contributed by atoms with Crippen LogP contribution in [0.4, 0.5) is 30.7 Å². The molecule has 11 heteroatoms. The summed E-state index contributed by atoms with van der Waals surface area (Å²) in [6.07, 6.45) is -10.3. The van der Waals surface area contributed by atoms with Gasteiger partial charge in [0.1, 0.15) is 5.82 Å². The summed E-state index contributed by atoms with van der Waals surface area (Å²) in [5, 5.41) is 2.91. The molecule has 4 nitrogen and oxygen atoms in total. The predicted octanol–water partition coefficient (Wildman–Crippen LogP) is 6.11. The average molecular weight is 533 g/mol. The summed E-state index contributed by atoms with van der Waals surface area (Å²) in [4.78, 5) is 12.3. The fourth-order valence-electron chi connectivity index (χ4n) is 5.49. The largest absolute Gasteiger partial charge is 0.416 e. The van der Waals surface area contributed by atoms with E-state index in [1.807, 2.05) is 0 Å². The molecule has 202 valence electrons. The number of carbonyl (C=O) groups excluding carboxylic acids is 1. The number of hydrogen-bond donors (Lipinski definition) is 2. The quantitative estimate of drug-likeness (QED) is 0.457. The van der Waals surface area contributed by atoms with Crippen LogP contribution < -0.4 is 11.1 Å². The van der Waals surface area contributed by atoms with Gasteiger partial charge in [0.2, 0.25) is 5.91 Å². The van der Waals surface area contributed by atoms with Crippen LogP contribution in [0.5, 0.6) is 0 Å². The zero-order valence-corrected chi connectivity index (χ0v) is 20.1. The monoisotopic (exact) mass is 532 g/mol. The van der Waals surface area contributed by atoms with Gasteiger partial charge in [0.25, 0.3) is 0 Å². The van der Waals surface area contributed by atoms with Crippen molar-refractivity contribution in [1.29, 1.82) is 0 Å². The third-order valence-electron chi connectivity index (χ3n) is 7.36. The maximum atomic E-state index is 13.6. The molecular formula is C26H27F7N2O2. The lowest BCUT2D eigenvalue weighted by molar-refractivity contribution is -0.143. The van der Waals surface area contributed by atoms with Crippen molar-refractivity contribution in [1.82, 2.24) is 5.32 Å². The Balaban J connectivity index is 1.65. The topological polar surface area (TPSA) is 64.3 Å².